The fourth-order valence-electron chi connectivity index (χ4n) is 2.76. The minimum atomic E-state index is 0.151. The van der Waals surface area contributed by atoms with Crippen molar-refractivity contribution in [3.8, 4) is 5.75 Å². The topological polar surface area (TPSA) is 44.8 Å². The van der Waals surface area contributed by atoms with Crippen molar-refractivity contribution in [2.24, 2.45) is 0 Å². The first-order chi connectivity index (χ1) is 9.74. The van der Waals surface area contributed by atoms with Crippen LogP contribution >= 0.6 is 0 Å². The van der Waals surface area contributed by atoms with Gasteiger partial charge in [0.05, 0.1) is 6.42 Å². The maximum Gasteiger partial charge on any atom is 0.231 e. The van der Waals surface area contributed by atoms with Crippen LogP contribution in [0.5, 0.6) is 5.75 Å². The number of rotatable bonds is 4. The molecule has 1 aromatic rings. The number of benzene rings is 1. The molecule has 2 aliphatic heterocycles. The number of fused-ring (bicyclic) bond motifs is 1. The molecule has 5 heteroatoms. The van der Waals surface area contributed by atoms with Gasteiger partial charge in [0.15, 0.2) is 0 Å². The second-order valence-electron chi connectivity index (χ2n) is 5.36. The molecule has 0 radical (unpaired) electrons. The number of carbonyl (C=O) groups is 1. The van der Waals surface area contributed by atoms with Crippen molar-refractivity contribution in [3.05, 3.63) is 23.8 Å². The highest BCUT2D eigenvalue weighted by Crippen LogP contribution is 2.30. The van der Waals surface area contributed by atoms with Gasteiger partial charge in [-0.3, -0.25) is 9.69 Å². The van der Waals surface area contributed by atoms with E-state index in [0.717, 1.165) is 49.7 Å². The Morgan fingerprint density at radius 3 is 2.90 bits per heavy atom. The lowest BCUT2D eigenvalue weighted by Gasteiger charge is -2.26. The zero-order valence-electron chi connectivity index (χ0n) is 11.9. The van der Waals surface area contributed by atoms with E-state index in [1.807, 2.05) is 25.2 Å². The van der Waals surface area contributed by atoms with E-state index in [9.17, 15) is 4.79 Å². The maximum atomic E-state index is 11.6. The molecule has 0 saturated carbocycles. The Morgan fingerprint density at radius 2 is 2.10 bits per heavy atom. The standard InChI is InChI=1S/C15H21N3O2/c1-17-14-3-2-13(10-12(14)11-15(17)19)20-9-8-18-6-4-16-5-7-18/h2-3,10,16H,4-9,11H2,1H3. The third kappa shape index (κ3) is 2.78. The number of anilines is 1. The van der Waals surface area contributed by atoms with Crippen LogP contribution in [-0.2, 0) is 11.2 Å². The van der Waals surface area contributed by atoms with Crippen molar-refractivity contribution in [1.29, 1.82) is 0 Å². The van der Waals surface area contributed by atoms with E-state index in [1.165, 1.54) is 0 Å². The number of nitrogens with one attached hydrogen (secondary N) is 1. The summed E-state index contributed by atoms with van der Waals surface area (Å²) < 4.78 is 5.81. The molecule has 5 nitrogen and oxygen atoms in total. The highest BCUT2D eigenvalue weighted by atomic mass is 16.5. The molecule has 3 rings (SSSR count). The summed E-state index contributed by atoms with van der Waals surface area (Å²) in [5.41, 5.74) is 2.07. The predicted molar refractivity (Wildman–Crippen MR) is 78.4 cm³/mol. The van der Waals surface area contributed by atoms with Gasteiger partial charge in [0.2, 0.25) is 5.91 Å². The first-order valence-electron chi connectivity index (χ1n) is 7.19. The third-order valence-corrected chi connectivity index (χ3v) is 4.01. The van der Waals surface area contributed by atoms with Crippen LogP contribution in [0.4, 0.5) is 5.69 Å². The number of hydrogen-bond donors (Lipinski definition) is 1. The van der Waals surface area contributed by atoms with Crippen molar-refractivity contribution in [3.63, 3.8) is 0 Å². The number of amides is 1. The predicted octanol–water partition coefficient (Wildman–Crippen LogP) is 0.489. The zero-order chi connectivity index (χ0) is 13.9. The summed E-state index contributed by atoms with van der Waals surface area (Å²) in [6.07, 6.45) is 0.487. The van der Waals surface area contributed by atoms with Gasteiger partial charge >= 0.3 is 0 Å². The Balaban J connectivity index is 1.54. The maximum absolute atomic E-state index is 11.6. The van der Waals surface area contributed by atoms with Gasteiger partial charge in [-0.2, -0.15) is 0 Å². The lowest BCUT2D eigenvalue weighted by Crippen LogP contribution is -2.44. The largest absolute Gasteiger partial charge is 0.492 e. The van der Waals surface area contributed by atoms with Gasteiger partial charge in [0.25, 0.3) is 0 Å². The molecular weight excluding hydrogens is 254 g/mol. The van der Waals surface area contributed by atoms with E-state index in [0.29, 0.717) is 13.0 Å². The van der Waals surface area contributed by atoms with Crippen molar-refractivity contribution >= 4 is 11.6 Å². The fourth-order valence-corrected chi connectivity index (χ4v) is 2.76. The monoisotopic (exact) mass is 275 g/mol. The molecule has 108 valence electrons. The third-order valence-electron chi connectivity index (χ3n) is 4.01. The molecule has 0 aromatic heterocycles. The highest BCUT2D eigenvalue weighted by molar-refractivity contribution is 6.01. The zero-order valence-corrected chi connectivity index (χ0v) is 11.9. The van der Waals surface area contributed by atoms with Crippen LogP contribution in [0.25, 0.3) is 0 Å². The van der Waals surface area contributed by atoms with Gasteiger partial charge in [-0.05, 0) is 23.8 Å². The first-order valence-corrected chi connectivity index (χ1v) is 7.19. The molecule has 0 atom stereocenters. The summed E-state index contributed by atoms with van der Waals surface area (Å²) in [6, 6.07) is 5.92. The smallest absolute Gasteiger partial charge is 0.231 e. The van der Waals surface area contributed by atoms with E-state index >= 15 is 0 Å². The van der Waals surface area contributed by atoms with Gasteiger partial charge in [-0.15, -0.1) is 0 Å². The van der Waals surface area contributed by atoms with E-state index in [2.05, 4.69) is 10.2 Å². The molecule has 0 spiro atoms. The molecule has 1 fully saturated rings. The van der Waals surface area contributed by atoms with Gasteiger partial charge in [0, 0.05) is 45.5 Å². The Hall–Kier alpha value is -1.59. The number of carbonyl (C=O) groups excluding carboxylic acids is 1. The second kappa shape index (κ2) is 5.81. The molecule has 2 aliphatic rings. The Labute approximate surface area is 119 Å². The summed E-state index contributed by atoms with van der Waals surface area (Å²) >= 11 is 0. The molecule has 2 heterocycles. The van der Waals surface area contributed by atoms with Gasteiger partial charge in [0.1, 0.15) is 12.4 Å². The van der Waals surface area contributed by atoms with Crippen LogP contribution in [0.3, 0.4) is 0 Å². The molecule has 1 N–H and O–H groups in total. The SMILES string of the molecule is CN1C(=O)Cc2cc(OCCN3CCNCC3)ccc21. The molecule has 1 amide bonds. The van der Waals surface area contributed by atoms with E-state index in [4.69, 9.17) is 4.74 Å². The van der Waals surface area contributed by atoms with Gasteiger partial charge < -0.3 is 15.0 Å². The highest BCUT2D eigenvalue weighted by Gasteiger charge is 2.24. The summed E-state index contributed by atoms with van der Waals surface area (Å²) in [5, 5.41) is 3.34. The van der Waals surface area contributed by atoms with Crippen molar-refractivity contribution < 1.29 is 9.53 Å². The molecule has 1 saturated heterocycles. The number of nitrogens with zero attached hydrogens (tertiary/aromatic N) is 2. The molecular formula is C15H21N3O2. The molecule has 20 heavy (non-hydrogen) atoms. The number of ether oxygens (including phenoxy) is 1. The van der Waals surface area contributed by atoms with Crippen LogP contribution in [0.2, 0.25) is 0 Å². The number of piperazine rings is 1. The Morgan fingerprint density at radius 1 is 1.30 bits per heavy atom. The van der Waals surface area contributed by atoms with Crippen molar-refractivity contribution in [1.82, 2.24) is 10.2 Å². The minimum Gasteiger partial charge on any atom is -0.492 e. The van der Waals surface area contributed by atoms with Crippen LogP contribution in [-0.4, -0.2) is 57.2 Å². The van der Waals surface area contributed by atoms with Crippen LogP contribution in [0.1, 0.15) is 5.56 Å². The average molecular weight is 275 g/mol. The molecule has 0 unspecified atom stereocenters. The van der Waals surface area contributed by atoms with E-state index in [1.54, 1.807) is 4.90 Å². The summed E-state index contributed by atoms with van der Waals surface area (Å²) in [4.78, 5) is 15.7. The summed E-state index contributed by atoms with van der Waals surface area (Å²) in [5.74, 6) is 1.01. The quantitative estimate of drug-likeness (QED) is 0.868. The normalized spacial score (nSPS) is 19.2. The van der Waals surface area contributed by atoms with Crippen LogP contribution < -0.4 is 15.0 Å². The van der Waals surface area contributed by atoms with Crippen LogP contribution in [0.15, 0.2) is 18.2 Å². The number of likely N-dealkylation sites (N-methyl/N-ethyl adjacent to an activating group) is 1. The molecule has 1 aromatic carbocycles. The first kappa shape index (κ1) is 13.4. The summed E-state index contributed by atoms with van der Waals surface area (Å²) in [6.45, 7) is 5.96. The molecule has 0 aliphatic carbocycles. The summed E-state index contributed by atoms with van der Waals surface area (Å²) in [7, 11) is 1.82. The lowest BCUT2D eigenvalue weighted by atomic mass is 10.1. The van der Waals surface area contributed by atoms with Gasteiger partial charge in [-0.1, -0.05) is 0 Å². The molecule has 0 bridgehead atoms. The fraction of sp³-hybridized carbons (Fsp3) is 0.533. The Bertz CT molecular complexity index is 498. The second-order valence-corrected chi connectivity index (χ2v) is 5.36. The minimum absolute atomic E-state index is 0.151. The van der Waals surface area contributed by atoms with Crippen LogP contribution in [0, 0.1) is 0 Å². The van der Waals surface area contributed by atoms with Crippen molar-refractivity contribution in [2.45, 2.75) is 6.42 Å². The average Bonchev–Trinajstić information content (AvgIpc) is 2.75. The van der Waals surface area contributed by atoms with Crippen molar-refractivity contribution in [2.75, 3.05) is 51.3 Å². The van der Waals surface area contributed by atoms with E-state index in [-0.39, 0.29) is 5.91 Å². The number of hydrogen-bond acceptors (Lipinski definition) is 4. The van der Waals surface area contributed by atoms with E-state index < -0.39 is 0 Å². The van der Waals surface area contributed by atoms with Gasteiger partial charge in [-0.25, -0.2) is 0 Å². The lowest BCUT2D eigenvalue weighted by molar-refractivity contribution is -0.117. The Kier molecular flexibility index (Phi) is 3.89.